The van der Waals surface area contributed by atoms with Crippen LogP contribution in [0.15, 0.2) is 0 Å². The second-order valence-corrected chi connectivity index (χ2v) is 5.55. The Morgan fingerprint density at radius 1 is 1.14 bits per heavy atom. The summed E-state index contributed by atoms with van der Waals surface area (Å²) in [7, 11) is 2.29. The average molecular weight is 197 g/mol. The Hall–Kier alpha value is -0.0400. The fourth-order valence-corrected chi connectivity index (χ4v) is 2.27. The molecule has 1 aliphatic carbocycles. The van der Waals surface area contributed by atoms with Crippen molar-refractivity contribution in [2.75, 3.05) is 13.6 Å². The smallest absolute Gasteiger partial charge is 0.0147 e. The summed E-state index contributed by atoms with van der Waals surface area (Å²) < 4.78 is 0. The topological polar surface area (TPSA) is 3.24 Å². The maximum atomic E-state index is 2.56. The molecule has 1 heteroatoms. The van der Waals surface area contributed by atoms with Gasteiger partial charge in [-0.05, 0) is 46.1 Å². The Labute approximate surface area is 89.9 Å². The first-order chi connectivity index (χ1) is 6.56. The average Bonchev–Trinajstić information content (AvgIpc) is 2.19. The summed E-state index contributed by atoms with van der Waals surface area (Å²) in [4.78, 5) is 2.56. The predicted octanol–water partition coefficient (Wildman–Crippen LogP) is 3.69. The zero-order valence-corrected chi connectivity index (χ0v) is 10.5. The Balaban J connectivity index is 2.34. The van der Waals surface area contributed by atoms with Crippen molar-refractivity contribution in [1.82, 2.24) is 4.90 Å². The molecule has 1 fully saturated rings. The Morgan fingerprint density at radius 3 is 2.21 bits per heavy atom. The van der Waals surface area contributed by atoms with E-state index in [-0.39, 0.29) is 0 Å². The molecule has 0 aromatic carbocycles. The third-order valence-electron chi connectivity index (χ3n) is 4.16. The largest absolute Gasteiger partial charge is 0.301 e. The van der Waals surface area contributed by atoms with Gasteiger partial charge in [-0.2, -0.15) is 0 Å². The van der Waals surface area contributed by atoms with E-state index >= 15 is 0 Å². The van der Waals surface area contributed by atoms with Gasteiger partial charge < -0.3 is 4.90 Å². The van der Waals surface area contributed by atoms with E-state index in [1.807, 2.05) is 0 Å². The van der Waals surface area contributed by atoms with E-state index in [0.29, 0.717) is 5.54 Å². The van der Waals surface area contributed by atoms with Gasteiger partial charge in [0.2, 0.25) is 0 Å². The molecule has 0 atom stereocenters. The van der Waals surface area contributed by atoms with Crippen LogP contribution in [0.1, 0.15) is 59.3 Å². The minimum absolute atomic E-state index is 0.386. The van der Waals surface area contributed by atoms with Crippen molar-refractivity contribution in [2.24, 2.45) is 5.92 Å². The van der Waals surface area contributed by atoms with Gasteiger partial charge in [-0.25, -0.2) is 0 Å². The summed E-state index contributed by atoms with van der Waals surface area (Å²) in [5, 5.41) is 0. The molecule has 0 aliphatic heterocycles. The molecule has 1 saturated carbocycles. The molecule has 0 spiro atoms. The number of nitrogens with zero attached hydrogens (tertiary/aromatic N) is 1. The molecule has 0 heterocycles. The van der Waals surface area contributed by atoms with Crippen LogP contribution in [0.25, 0.3) is 0 Å². The third kappa shape index (κ3) is 3.27. The summed E-state index contributed by atoms with van der Waals surface area (Å²) in [6, 6.07) is 0. The van der Waals surface area contributed by atoms with Gasteiger partial charge in [0, 0.05) is 12.1 Å². The lowest BCUT2D eigenvalue weighted by molar-refractivity contribution is 0.115. The molecule has 0 bridgehead atoms. The van der Waals surface area contributed by atoms with Crippen molar-refractivity contribution in [3.8, 4) is 0 Å². The van der Waals surface area contributed by atoms with Crippen molar-refractivity contribution in [2.45, 2.75) is 64.8 Å². The molecular weight excluding hydrogens is 170 g/mol. The van der Waals surface area contributed by atoms with Gasteiger partial charge in [-0.15, -0.1) is 0 Å². The first kappa shape index (κ1) is 12.0. The molecule has 1 rings (SSSR count). The molecule has 0 amide bonds. The van der Waals surface area contributed by atoms with Gasteiger partial charge in [0.05, 0.1) is 0 Å². The standard InChI is InChI=1S/C13H27N/c1-5-13(2,3)14(4)11-12-9-7-6-8-10-12/h12H,5-11H2,1-4H3. The van der Waals surface area contributed by atoms with Crippen LogP contribution in [0.2, 0.25) is 0 Å². The highest BCUT2D eigenvalue weighted by molar-refractivity contribution is 4.80. The molecular formula is C13H27N. The van der Waals surface area contributed by atoms with Crippen molar-refractivity contribution >= 4 is 0 Å². The van der Waals surface area contributed by atoms with Gasteiger partial charge in [0.15, 0.2) is 0 Å². The highest BCUT2D eigenvalue weighted by Crippen LogP contribution is 2.26. The highest BCUT2D eigenvalue weighted by atomic mass is 15.2. The van der Waals surface area contributed by atoms with Gasteiger partial charge in [0.25, 0.3) is 0 Å². The number of hydrogen-bond donors (Lipinski definition) is 0. The summed E-state index contributed by atoms with van der Waals surface area (Å²) in [5.41, 5.74) is 0.386. The molecule has 1 nitrogen and oxygen atoms in total. The van der Waals surface area contributed by atoms with E-state index < -0.39 is 0 Å². The summed E-state index contributed by atoms with van der Waals surface area (Å²) >= 11 is 0. The van der Waals surface area contributed by atoms with E-state index in [4.69, 9.17) is 0 Å². The SMILES string of the molecule is CCC(C)(C)N(C)CC1CCCCC1. The monoisotopic (exact) mass is 197 g/mol. The van der Waals surface area contributed by atoms with Crippen molar-refractivity contribution in [1.29, 1.82) is 0 Å². The van der Waals surface area contributed by atoms with Gasteiger partial charge in [-0.3, -0.25) is 0 Å². The minimum atomic E-state index is 0.386. The molecule has 0 aromatic rings. The van der Waals surface area contributed by atoms with E-state index in [9.17, 15) is 0 Å². The molecule has 0 aromatic heterocycles. The Morgan fingerprint density at radius 2 is 1.71 bits per heavy atom. The maximum Gasteiger partial charge on any atom is 0.0147 e. The van der Waals surface area contributed by atoms with Gasteiger partial charge >= 0.3 is 0 Å². The quantitative estimate of drug-likeness (QED) is 0.664. The fraction of sp³-hybridized carbons (Fsp3) is 1.00. The summed E-state index contributed by atoms with van der Waals surface area (Å²) in [6.07, 6.45) is 8.57. The van der Waals surface area contributed by atoms with Crippen molar-refractivity contribution in [3.05, 3.63) is 0 Å². The summed E-state index contributed by atoms with van der Waals surface area (Å²) in [5.74, 6) is 0.972. The normalized spacial score (nSPS) is 20.4. The van der Waals surface area contributed by atoms with Crippen LogP contribution < -0.4 is 0 Å². The number of hydrogen-bond acceptors (Lipinski definition) is 1. The van der Waals surface area contributed by atoms with Crippen LogP contribution in [-0.2, 0) is 0 Å². The second kappa shape index (κ2) is 5.16. The van der Waals surface area contributed by atoms with Crippen molar-refractivity contribution < 1.29 is 0 Å². The predicted molar refractivity (Wildman–Crippen MR) is 63.6 cm³/mol. The molecule has 0 saturated heterocycles. The van der Waals surface area contributed by atoms with Crippen LogP contribution in [0.5, 0.6) is 0 Å². The van der Waals surface area contributed by atoms with E-state index in [1.165, 1.54) is 45.1 Å². The molecule has 84 valence electrons. The Bertz CT molecular complexity index is 157. The summed E-state index contributed by atoms with van der Waals surface area (Å²) in [6.45, 7) is 8.31. The zero-order valence-electron chi connectivity index (χ0n) is 10.5. The molecule has 0 radical (unpaired) electrons. The lowest BCUT2D eigenvalue weighted by Crippen LogP contribution is -2.43. The van der Waals surface area contributed by atoms with E-state index in [0.717, 1.165) is 5.92 Å². The third-order valence-corrected chi connectivity index (χ3v) is 4.16. The highest BCUT2D eigenvalue weighted by Gasteiger charge is 2.24. The van der Waals surface area contributed by atoms with Crippen LogP contribution in [0, 0.1) is 5.92 Å². The lowest BCUT2D eigenvalue weighted by atomic mass is 9.87. The lowest BCUT2D eigenvalue weighted by Gasteiger charge is -2.38. The van der Waals surface area contributed by atoms with Gasteiger partial charge in [0.1, 0.15) is 0 Å². The second-order valence-electron chi connectivity index (χ2n) is 5.55. The Kier molecular flexibility index (Phi) is 4.43. The van der Waals surface area contributed by atoms with E-state index in [2.05, 4.69) is 32.7 Å². The van der Waals surface area contributed by atoms with Crippen LogP contribution in [0.3, 0.4) is 0 Å². The van der Waals surface area contributed by atoms with Crippen LogP contribution in [-0.4, -0.2) is 24.0 Å². The molecule has 14 heavy (non-hydrogen) atoms. The molecule has 0 unspecified atom stereocenters. The van der Waals surface area contributed by atoms with Crippen LogP contribution >= 0.6 is 0 Å². The minimum Gasteiger partial charge on any atom is -0.301 e. The first-order valence-corrected chi connectivity index (χ1v) is 6.27. The number of rotatable bonds is 4. The van der Waals surface area contributed by atoms with Crippen LogP contribution in [0.4, 0.5) is 0 Å². The maximum absolute atomic E-state index is 2.56. The van der Waals surface area contributed by atoms with Crippen molar-refractivity contribution in [3.63, 3.8) is 0 Å². The fourth-order valence-electron chi connectivity index (χ4n) is 2.27. The van der Waals surface area contributed by atoms with Gasteiger partial charge in [-0.1, -0.05) is 26.2 Å². The van der Waals surface area contributed by atoms with E-state index in [1.54, 1.807) is 0 Å². The molecule has 0 N–H and O–H groups in total. The first-order valence-electron chi connectivity index (χ1n) is 6.27. The zero-order chi connectivity index (χ0) is 10.6. The molecule has 1 aliphatic rings.